The quantitative estimate of drug-likeness (QED) is 0.686. The summed E-state index contributed by atoms with van der Waals surface area (Å²) in [6.45, 7) is 8.93. The van der Waals surface area contributed by atoms with E-state index < -0.39 is 0 Å². The number of nitrogens with two attached hydrogens (primary N) is 1. The van der Waals surface area contributed by atoms with Crippen LogP contribution < -0.4 is 5.73 Å². The van der Waals surface area contributed by atoms with E-state index in [1.807, 2.05) is 6.92 Å². The van der Waals surface area contributed by atoms with Crippen molar-refractivity contribution in [2.75, 3.05) is 0 Å². The largest absolute Gasteiger partial charge is 0.475 e. The Kier molecular flexibility index (Phi) is 2.10. The van der Waals surface area contributed by atoms with E-state index in [-0.39, 0.29) is 24.8 Å². The third-order valence-electron chi connectivity index (χ3n) is 5.40. The van der Waals surface area contributed by atoms with Crippen LogP contribution in [0, 0.1) is 17.3 Å². The number of rotatable bonds is 1. The highest BCUT2D eigenvalue weighted by Gasteiger charge is 2.68. The Labute approximate surface area is 98.2 Å². The van der Waals surface area contributed by atoms with E-state index in [1.165, 1.54) is 6.42 Å². The summed E-state index contributed by atoms with van der Waals surface area (Å²) in [6, 6.07) is 0. The van der Waals surface area contributed by atoms with E-state index in [4.69, 9.17) is 15.0 Å². The lowest BCUT2D eigenvalue weighted by atomic mass is 9.43. The van der Waals surface area contributed by atoms with Gasteiger partial charge in [0.1, 0.15) is 0 Å². The first-order valence-electron chi connectivity index (χ1n) is 6.44. The fraction of sp³-hybridized carbons (Fsp3) is 1.00. The molecule has 4 fully saturated rings. The molecule has 90 valence electrons. The van der Waals surface area contributed by atoms with Gasteiger partial charge in [-0.05, 0) is 37.0 Å². The molecule has 2 bridgehead atoms. The van der Waals surface area contributed by atoms with Crippen LogP contribution in [-0.4, -0.2) is 24.8 Å². The molecule has 4 aliphatic rings. The Balaban J connectivity index is 1.87. The molecule has 4 rings (SSSR count). The third-order valence-corrected chi connectivity index (χ3v) is 5.40. The minimum Gasteiger partial charge on any atom is -0.404 e. The van der Waals surface area contributed by atoms with Crippen LogP contribution in [0.25, 0.3) is 0 Å². The molecule has 0 radical (unpaired) electrons. The van der Waals surface area contributed by atoms with Gasteiger partial charge in [-0.1, -0.05) is 20.8 Å². The van der Waals surface area contributed by atoms with Gasteiger partial charge in [0.25, 0.3) is 0 Å². The lowest BCUT2D eigenvalue weighted by Crippen LogP contribution is -2.65. The molecule has 1 heterocycles. The molecule has 3 nitrogen and oxygen atoms in total. The summed E-state index contributed by atoms with van der Waals surface area (Å²) in [7, 11) is -0.204. The average Bonchev–Trinajstić information content (AvgIpc) is 2.54. The van der Waals surface area contributed by atoms with E-state index >= 15 is 0 Å². The molecule has 5 unspecified atom stereocenters. The van der Waals surface area contributed by atoms with Crippen molar-refractivity contribution in [3.05, 3.63) is 0 Å². The van der Waals surface area contributed by atoms with Crippen LogP contribution in [-0.2, 0) is 9.31 Å². The minimum atomic E-state index is -0.204. The maximum absolute atomic E-state index is 6.15. The van der Waals surface area contributed by atoms with Gasteiger partial charge in [0.05, 0.1) is 11.7 Å². The SMILES string of the molecule is CC(N)B1OC2CC3CC(C3(C)C)C2(C)O1. The van der Waals surface area contributed by atoms with Crippen molar-refractivity contribution in [2.45, 2.75) is 58.2 Å². The van der Waals surface area contributed by atoms with Gasteiger partial charge in [-0.15, -0.1) is 0 Å². The molecular weight excluding hydrogens is 201 g/mol. The molecule has 0 aromatic carbocycles. The standard InChI is InChI=1S/C12H22BNO2/c1-7(14)13-15-10-6-8-5-9(11(8,2)3)12(10,4)16-13/h7-10H,5-6,14H2,1-4H3. The van der Waals surface area contributed by atoms with Gasteiger partial charge < -0.3 is 15.0 Å². The fourth-order valence-corrected chi connectivity index (χ4v) is 4.13. The Bertz CT molecular complexity index is 320. The molecule has 0 spiro atoms. The molecule has 4 heteroatoms. The Morgan fingerprint density at radius 2 is 2.00 bits per heavy atom. The first kappa shape index (κ1) is 11.1. The van der Waals surface area contributed by atoms with Gasteiger partial charge in [0, 0.05) is 5.94 Å². The molecular formula is C12H22BNO2. The van der Waals surface area contributed by atoms with Crippen molar-refractivity contribution in [1.29, 1.82) is 0 Å². The van der Waals surface area contributed by atoms with Crippen molar-refractivity contribution >= 4 is 7.12 Å². The number of hydrogen-bond acceptors (Lipinski definition) is 3. The first-order valence-corrected chi connectivity index (χ1v) is 6.44. The van der Waals surface area contributed by atoms with Crippen LogP contribution in [0.4, 0.5) is 0 Å². The molecule has 2 N–H and O–H groups in total. The van der Waals surface area contributed by atoms with E-state index in [0.29, 0.717) is 11.3 Å². The first-order chi connectivity index (χ1) is 7.35. The predicted octanol–water partition coefficient (Wildman–Crippen LogP) is 1.60. The molecule has 0 amide bonds. The van der Waals surface area contributed by atoms with E-state index in [2.05, 4.69) is 20.8 Å². The maximum atomic E-state index is 6.15. The average molecular weight is 223 g/mol. The van der Waals surface area contributed by atoms with Gasteiger partial charge in [-0.2, -0.15) is 0 Å². The highest BCUT2D eigenvalue weighted by atomic mass is 16.7. The van der Waals surface area contributed by atoms with Crippen molar-refractivity contribution < 1.29 is 9.31 Å². The summed E-state index contributed by atoms with van der Waals surface area (Å²) in [4.78, 5) is 0. The summed E-state index contributed by atoms with van der Waals surface area (Å²) in [6.07, 6.45) is 2.71. The van der Waals surface area contributed by atoms with Crippen LogP contribution >= 0.6 is 0 Å². The summed E-state index contributed by atoms with van der Waals surface area (Å²) >= 11 is 0. The van der Waals surface area contributed by atoms with Crippen LogP contribution in [0.15, 0.2) is 0 Å². The summed E-state index contributed by atoms with van der Waals surface area (Å²) in [5.41, 5.74) is 6.20. The zero-order valence-electron chi connectivity index (χ0n) is 10.7. The number of hydrogen-bond donors (Lipinski definition) is 1. The summed E-state index contributed by atoms with van der Waals surface area (Å²) in [5.74, 6) is 1.40. The third kappa shape index (κ3) is 1.16. The molecule has 3 saturated carbocycles. The molecule has 1 saturated heterocycles. The van der Waals surface area contributed by atoms with Gasteiger partial charge in [0.15, 0.2) is 0 Å². The van der Waals surface area contributed by atoms with E-state index in [9.17, 15) is 0 Å². The molecule has 0 aromatic rings. The zero-order chi connectivity index (χ0) is 11.7. The Morgan fingerprint density at radius 3 is 2.56 bits per heavy atom. The lowest BCUT2D eigenvalue weighted by Gasteiger charge is -2.64. The van der Waals surface area contributed by atoms with E-state index in [1.54, 1.807) is 0 Å². The summed E-state index contributed by atoms with van der Waals surface area (Å²) < 4.78 is 12.1. The second-order valence-corrected chi connectivity index (χ2v) is 6.70. The predicted molar refractivity (Wildman–Crippen MR) is 63.8 cm³/mol. The molecule has 3 aliphatic carbocycles. The molecule has 1 aliphatic heterocycles. The van der Waals surface area contributed by atoms with Crippen LogP contribution in [0.1, 0.15) is 40.5 Å². The Morgan fingerprint density at radius 1 is 1.31 bits per heavy atom. The highest BCUT2D eigenvalue weighted by Crippen LogP contribution is 2.65. The highest BCUT2D eigenvalue weighted by molar-refractivity contribution is 6.47. The van der Waals surface area contributed by atoms with Crippen molar-refractivity contribution in [3.63, 3.8) is 0 Å². The monoisotopic (exact) mass is 223 g/mol. The van der Waals surface area contributed by atoms with Crippen LogP contribution in [0.3, 0.4) is 0 Å². The van der Waals surface area contributed by atoms with E-state index in [0.717, 1.165) is 12.3 Å². The van der Waals surface area contributed by atoms with Gasteiger partial charge in [-0.25, -0.2) is 0 Å². The smallest absolute Gasteiger partial charge is 0.404 e. The van der Waals surface area contributed by atoms with Gasteiger partial charge >= 0.3 is 7.12 Å². The minimum absolute atomic E-state index is 0.0391. The second-order valence-electron chi connectivity index (χ2n) is 6.70. The van der Waals surface area contributed by atoms with Crippen LogP contribution in [0.2, 0.25) is 0 Å². The van der Waals surface area contributed by atoms with Crippen molar-refractivity contribution in [2.24, 2.45) is 23.0 Å². The van der Waals surface area contributed by atoms with Crippen molar-refractivity contribution in [3.8, 4) is 0 Å². The summed E-state index contributed by atoms with van der Waals surface area (Å²) in [5, 5.41) is 0. The normalized spacial score (nSPS) is 50.8. The zero-order valence-corrected chi connectivity index (χ0v) is 10.7. The second kappa shape index (κ2) is 3.03. The lowest BCUT2D eigenvalue weighted by molar-refractivity contribution is -0.199. The Hall–Kier alpha value is -0.0551. The molecule has 5 atom stereocenters. The molecule has 0 aromatic heterocycles. The van der Waals surface area contributed by atoms with Gasteiger partial charge in [-0.3, -0.25) is 0 Å². The fourth-order valence-electron chi connectivity index (χ4n) is 4.13. The van der Waals surface area contributed by atoms with Crippen LogP contribution in [0.5, 0.6) is 0 Å². The topological polar surface area (TPSA) is 44.5 Å². The van der Waals surface area contributed by atoms with Crippen molar-refractivity contribution in [1.82, 2.24) is 0 Å². The van der Waals surface area contributed by atoms with Gasteiger partial charge in [0.2, 0.25) is 0 Å². The molecule has 16 heavy (non-hydrogen) atoms. The maximum Gasteiger partial charge on any atom is 0.475 e.